The molecule has 0 spiro atoms. The Bertz CT molecular complexity index is 3850. The second kappa shape index (κ2) is 88.4. The van der Waals surface area contributed by atoms with E-state index in [-0.39, 0.29) is 64.9 Å². The van der Waals surface area contributed by atoms with Crippen LogP contribution in [-0.4, -0.2) is 131 Å². The molecule has 15 heteroatoms. The lowest BCUT2D eigenvalue weighted by Crippen LogP contribution is -2.16. The van der Waals surface area contributed by atoms with Crippen LogP contribution < -0.4 is 0 Å². The summed E-state index contributed by atoms with van der Waals surface area (Å²) in [4.78, 5) is 54.9. The van der Waals surface area contributed by atoms with E-state index in [1.54, 1.807) is 41.1 Å². The number of hydrogen-bond acceptors (Lipinski definition) is 15. The van der Waals surface area contributed by atoms with Crippen LogP contribution in [0.15, 0.2) is 170 Å². The Kier molecular flexibility index (Phi) is 84.7. The number of benzene rings is 7. The first-order valence-electron chi connectivity index (χ1n) is 54.9. The predicted molar refractivity (Wildman–Crippen MR) is 599 cm³/mol. The fourth-order valence-electron chi connectivity index (χ4n) is 11.7. The molecule has 0 amide bonds. The standard InChI is InChI=1S/C16H24.C16H18.C14H16.C14H22.C11H16.5C8H16O3.5C3H6/c2*1-3-13(2)14-9-11-16(12-10-14)15-7-5-4-6-8-15;1-3-11(2)13-9-8-12-6-4-5-7-14(12)10-13;1-6-11(2)12-7-9-13(10-8-12)14(3,4)5;1-4-10(3)11-7-5-9(2)6-8-11;5*1-4-7(2)8(9)11-6-5-10-3;5*1-2-3-1/h9-13,15H,3-8H2,1-2H3;4-13H,3H2,1-2H3;4-11H,3H2,1-2H3;7-11H,6H2,1-5H3;5-8,10H,4H2,1-3H3;5*7H,4-6H2,1-3H3;5*1-3H2. The van der Waals surface area contributed by atoms with E-state index in [0.29, 0.717) is 95.7 Å². The quantitative estimate of drug-likeness (QED) is 0.0204. The highest BCUT2D eigenvalue weighted by molar-refractivity contribution is 5.83. The van der Waals surface area contributed by atoms with Crippen LogP contribution in [0.1, 0.15) is 432 Å². The van der Waals surface area contributed by atoms with E-state index < -0.39 is 0 Å². The molecular formula is C126H206O15. The number of esters is 5. The second-order valence-corrected chi connectivity index (χ2v) is 39.6. The molecule has 15 nitrogen and oxygen atoms in total. The molecule has 0 bridgehead atoms. The van der Waals surface area contributed by atoms with Crippen LogP contribution in [0.5, 0.6) is 0 Å². The number of methoxy groups -OCH3 is 5. The third-order valence-corrected chi connectivity index (χ3v) is 25.1. The molecule has 6 saturated carbocycles. The number of hydrogen-bond donors (Lipinski definition) is 0. The first-order valence-corrected chi connectivity index (χ1v) is 54.9. The maximum absolute atomic E-state index is 11.0. The van der Waals surface area contributed by atoms with Gasteiger partial charge in [-0.15, -0.1) is 0 Å². The zero-order chi connectivity index (χ0) is 106. The van der Waals surface area contributed by atoms with E-state index in [2.05, 4.69) is 267 Å². The molecule has 6 aliphatic rings. The van der Waals surface area contributed by atoms with Gasteiger partial charge in [0.25, 0.3) is 0 Å². The summed E-state index contributed by atoms with van der Waals surface area (Å²) in [6.07, 6.45) is 39.8. The van der Waals surface area contributed by atoms with Crippen LogP contribution in [-0.2, 0) is 76.8 Å². The molecule has 141 heavy (non-hydrogen) atoms. The number of rotatable bonds is 37. The van der Waals surface area contributed by atoms with E-state index in [4.69, 9.17) is 47.4 Å². The molecule has 0 aliphatic heterocycles. The van der Waals surface area contributed by atoms with Gasteiger partial charge in [-0.3, -0.25) is 24.0 Å². The number of carbonyl (C=O) groups excluding carboxylic acids is 5. The summed E-state index contributed by atoms with van der Waals surface area (Å²) in [7, 11) is 7.90. The number of aryl methyl sites for hydroxylation is 1. The monoisotopic (exact) mass is 1960 g/mol. The van der Waals surface area contributed by atoms with Crippen molar-refractivity contribution in [2.45, 2.75) is 400 Å². The molecule has 0 aromatic heterocycles. The highest BCUT2D eigenvalue weighted by atomic mass is 16.6. The Morgan fingerprint density at radius 3 is 0.759 bits per heavy atom. The van der Waals surface area contributed by atoms with Crippen molar-refractivity contribution in [1.29, 1.82) is 0 Å². The van der Waals surface area contributed by atoms with Crippen molar-refractivity contribution in [2.24, 2.45) is 29.6 Å². The lowest BCUT2D eigenvalue weighted by atomic mass is 9.83. The third kappa shape index (κ3) is 75.4. The summed E-state index contributed by atoms with van der Waals surface area (Å²) >= 11 is 0. The van der Waals surface area contributed by atoms with Gasteiger partial charge in [0.05, 0.1) is 62.6 Å². The lowest BCUT2D eigenvalue weighted by Gasteiger charge is -2.22. The Balaban J connectivity index is 0. The predicted octanol–water partition coefficient (Wildman–Crippen LogP) is 34.4. The van der Waals surface area contributed by atoms with Gasteiger partial charge in [0.15, 0.2) is 0 Å². The molecule has 10 atom stereocenters. The van der Waals surface area contributed by atoms with Crippen LogP contribution in [0.2, 0.25) is 0 Å². The van der Waals surface area contributed by atoms with Gasteiger partial charge in [-0.2, -0.15) is 0 Å². The maximum atomic E-state index is 11.0. The van der Waals surface area contributed by atoms with Crippen LogP contribution in [0.4, 0.5) is 0 Å². The van der Waals surface area contributed by atoms with Gasteiger partial charge in [-0.05, 0) is 186 Å². The first kappa shape index (κ1) is 135. The minimum atomic E-state index is -0.135. The maximum Gasteiger partial charge on any atom is 0.308 e. The van der Waals surface area contributed by atoms with Gasteiger partial charge < -0.3 is 47.4 Å². The van der Waals surface area contributed by atoms with Gasteiger partial charge in [-0.1, -0.05) is 450 Å². The molecular weight excluding hydrogens is 1750 g/mol. The van der Waals surface area contributed by atoms with E-state index >= 15 is 0 Å². The fourth-order valence-corrected chi connectivity index (χ4v) is 11.7. The largest absolute Gasteiger partial charge is 0.463 e. The van der Waals surface area contributed by atoms with Crippen molar-refractivity contribution >= 4 is 40.6 Å². The van der Waals surface area contributed by atoms with Crippen molar-refractivity contribution in [3.8, 4) is 11.1 Å². The minimum absolute atomic E-state index is 0.00635. The van der Waals surface area contributed by atoms with Gasteiger partial charge >= 0.3 is 29.8 Å². The average Bonchev–Trinajstić information content (AvgIpc) is 1.81. The Morgan fingerprint density at radius 1 is 0.262 bits per heavy atom. The van der Waals surface area contributed by atoms with Gasteiger partial charge in [0.1, 0.15) is 33.0 Å². The zero-order valence-electron chi connectivity index (χ0n) is 94.9. The topological polar surface area (TPSA) is 178 Å². The molecule has 7 aromatic carbocycles. The summed E-state index contributed by atoms with van der Waals surface area (Å²) < 4.78 is 48.0. The molecule has 10 unspecified atom stereocenters. The molecule has 13 rings (SSSR count). The first-order chi connectivity index (χ1) is 67.7. The molecule has 7 aromatic rings. The average molecular weight is 1960 g/mol. The summed E-state index contributed by atoms with van der Waals surface area (Å²) in [6, 6.07) is 62.1. The van der Waals surface area contributed by atoms with Crippen LogP contribution >= 0.6 is 0 Å². The molecule has 0 N–H and O–H groups in total. The fraction of sp³-hybridized carbons (Fsp3) is 0.643. The van der Waals surface area contributed by atoms with E-state index in [0.717, 1.165) is 38.0 Å². The van der Waals surface area contributed by atoms with Crippen molar-refractivity contribution in [1.82, 2.24) is 0 Å². The smallest absolute Gasteiger partial charge is 0.308 e. The molecule has 0 radical (unpaired) electrons. The number of carbonyl (C=O) groups is 5. The molecule has 0 saturated heterocycles. The van der Waals surface area contributed by atoms with Crippen molar-refractivity contribution in [3.05, 3.63) is 214 Å². The summed E-state index contributed by atoms with van der Waals surface area (Å²) in [5, 5.41) is 2.69. The SMILES string of the molecule is C1CC1.C1CC1.C1CC1.C1CC1.C1CC1.CCC(C)C(=O)OCCOC.CCC(C)C(=O)OCCOC.CCC(C)C(=O)OCCOC.CCC(C)C(=O)OCCOC.CCC(C)C(=O)OCCOC.CCC(C)c1ccc(-c2ccccc2)cc1.CCC(C)c1ccc(C(C)(C)C)cc1.CCC(C)c1ccc(C)cc1.CCC(C)c1ccc(C2CCCCC2)cc1.CCC(C)c1ccc2ccccc2c1. The van der Waals surface area contributed by atoms with Crippen molar-refractivity contribution in [2.75, 3.05) is 102 Å². The molecule has 0 heterocycles. The van der Waals surface area contributed by atoms with E-state index in [9.17, 15) is 24.0 Å². The second-order valence-electron chi connectivity index (χ2n) is 39.6. The van der Waals surface area contributed by atoms with Crippen LogP contribution in [0.25, 0.3) is 21.9 Å². The van der Waals surface area contributed by atoms with Crippen molar-refractivity contribution in [3.63, 3.8) is 0 Å². The highest BCUT2D eigenvalue weighted by Gasteiger charge is 2.20. The summed E-state index contributed by atoms with van der Waals surface area (Å²) in [5.41, 5.74) is 14.5. The summed E-state index contributed by atoms with van der Waals surface area (Å²) in [6.45, 7) is 54.8. The van der Waals surface area contributed by atoms with Gasteiger partial charge in [-0.25, -0.2) is 0 Å². The third-order valence-electron chi connectivity index (χ3n) is 25.1. The number of ether oxygens (including phenoxy) is 10. The zero-order valence-corrected chi connectivity index (χ0v) is 94.9. The van der Waals surface area contributed by atoms with E-state index in [1.807, 2.05) is 69.2 Å². The highest BCUT2D eigenvalue weighted by Crippen LogP contribution is 2.35. The Morgan fingerprint density at radius 2 is 0.496 bits per heavy atom. The summed E-state index contributed by atoms with van der Waals surface area (Å²) in [5.74, 6) is 3.63. The van der Waals surface area contributed by atoms with E-state index in [1.165, 1.54) is 221 Å². The normalized spacial score (nSPS) is 14.8. The minimum Gasteiger partial charge on any atom is -0.463 e. The molecule has 6 aliphatic carbocycles. The van der Waals surface area contributed by atoms with Crippen LogP contribution in [0, 0.1) is 36.5 Å². The van der Waals surface area contributed by atoms with Crippen LogP contribution in [0.3, 0.4) is 0 Å². The number of fused-ring (bicyclic) bond motifs is 1. The van der Waals surface area contributed by atoms with Crippen molar-refractivity contribution < 1.29 is 71.3 Å². The Labute approximate surface area is 863 Å². The Hall–Kier alpha value is -8.05. The lowest BCUT2D eigenvalue weighted by molar-refractivity contribution is -0.150. The van der Waals surface area contributed by atoms with Gasteiger partial charge in [0.2, 0.25) is 0 Å². The molecule has 800 valence electrons. The van der Waals surface area contributed by atoms with Gasteiger partial charge in [0, 0.05) is 35.5 Å². The molecule has 6 fully saturated rings.